The third-order valence-corrected chi connectivity index (χ3v) is 5.21. The van der Waals surface area contributed by atoms with Crippen LogP contribution >= 0.6 is 0 Å². The van der Waals surface area contributed by atoms with Crippen molar-refractivity contribution < 1.29 is 19.1 Å². The van der Waals surface area contributed by atoms with Gasteiger partial charge >= 0.3 is 6.09 Å². The van der Waals surface area contributed by atoms with Crippen molar-refractivity contribution in [3.05, 3.63) is 35.4 Å². The number of amides is 3. The van der Waals surface area contributed by atoms with E-state index in [-0.39, 0.29) is 11.9 Å². The number of carbonyl (C=O) groups excluding carboxylic acids is 3. The number of terminal acetylenes is 1. The second-order valence-corrected chi connectivity index (χ2v) is 10.0. The Morgan fingerprint density at radius 2 is 1.64 bits per heavy atom. The molecule has 0 bridgehead atoms. The number of nitrogens with one attached hydrogen (secondary N) is 2. The van der Waals surface area contributed by atoms with E-state index in [4.69, 9.17) is 11.2 Å². The third-order valence-electron chi connectivity index (χ3n) is 5.21. The van der Waals surface area contributed by atoms with Crippen molar-refractivity contribution in [2.24, 2.45) is 0 Å². The number of nitrogens with zero attached hydrogens (tertiary/aromatic N) is 1. The van der Waals surface area contributed by atoms with Gasteiger partial charge in [0.05, 0.1) is 0 Å². The summed E-state index contributed by atoms with van der Waals surface area (Å²) in [7, 11) is 0. The Bertz CT molecular complexity index is 894. The maximum absolute atomic E-state index is 13.8. The number of ether oxygens (including phenoxy) is 1. The molecule has 0 aliphatic carbocycles. The fourth-order valence-electron chi connectivity index (χ4n) is 3.33. The fraction of sp³-hybridized carbons (Fsp3) is 0.577. The monoisotopic (exact) mass is 457 g/mol. The quantitative estimate of drug-likeness (QED) is 0.574. The van der Waals surface area contributed by atoms with E-state index >= 15 is 0 Å². The van der Waals surface area contributed by atoms with Gasteiger partial charge in [-0.2, -0.15) is 0 Å². The molecular formula is C26H39N3O4. The minimum atomic E-state index is -0.981. The van der Waals surface area contributed by atoms with Gasteiger partial charge in [0.15, 0.2) is 0 Å². The minimum absolute atomic E-state index is 0.142. The summed E-state index contributed by atoms with van der Waals surface area (Å²) < 4.78 is 5.31. The number of hydrogen-bond donors (Lipinski definition) is 2. The molecule has 2 N–H and O–H groups in total. The van der Waals surface area contributed by atoms with Gasteiger partial charge in [-0.25, -0.2) is 4.79 Å². The lowest BCUT2D eigenvalue weighted by Crippen LogP contribution is -2.59. The van der Waals surface area contributed by atoms with E-state index in [1.54, 1.807) is 52.0 Å². The van der Waals surface area contributed by atoms with Crippen molar-refractivity contribution in [2.45, 2.75) is 98.0 Å². The molecule has 3 amide bonds. The Kier molecular flexibility index (Phi) is 9.53. The van der Waals surface area contributed by atoms with E-state index in [1.807, 2.05) is 34.6 Å². The molecule has 1 rings (SSSR count). The van der Waals surface area contributed by atoms with Crippen LogP contribution in [0.15, 0.2) is 24.3 Å². The minimum Gasteiger partial charge on any atom is -0.444 e. The number of hydrogen-bond acceptors (Lipinski definition) is 4. The van der Waals surface area contributed by atoms with Crippen molar-refractivity contribution >= 4 is 17.9 Å². The molecule has 0 fully saturated rings. The predicted molar refractivity (Wildman–Crippen MR) is 130 cm³/mol. The molecule has 0 aliphatic heterocycles. The van der Waals surface area contributed by atoms with Crippen LogP contribution < -0.4 is 10.6 Å². The molecule has 7 nitrogen and oxygen atoms in total. The first-order valence-corrected chi connectivity index (χ1v) is 11.3. The van der Waals surface area contributed by atoms with Crippen LogP contribution in [-0.2, 0) is 14.3 Å². The van der Waals surface area contributed by atoms with Crippen LogP contribution in [0, 0.1) is 12.3 Å². The Labute approximate surface area is 198 Å². The first-order valence-electron chi connectivity index (χ1n) is 11.3. The highest BCUT2D eigenvalue weighted by atomic mass is 16.6. The summed E-state index contributed by atoms with van der Waals surface area (Å²) in [6.07, 6.45) is 5.60. The van der Waals surface area contributed by atoms with Gasteiger partial charge in [0.2, 0.25) is 11.8 Å². The molecule has 7 heteroatoms. The van der Waals surface area contributed by atoms with E-state index < -0.39 is 35.2 Å². The average molecular weight is 458 g/mol. The summed E-state index contributed by atoms with van der Waals surface area (Å²) in [5.41, 5.74) is -0.348. The molecule has 0 saturated heterocycles. The van der Waals surface area contributed by atoms with Crippen molar-refractivity contribution in [1.82, 2.24) is 15.5 Å². The average Bonchev–Trinajstić information content (AvgIpc) is 2.69. The van der Waals surface area contributed by atoms with Gasteiger partial charge in [0.25, 0.3) is 0 Å². The molecule has 1 aromatic carbocycles. The summed E-state index contributed by atoms with van der Waals surface area (Å²) in [5, 5.41) is 5.52. The SMILES string of the molecule is C#Cc1ccccc1C(C(=O)NC(C)C)N(C(=O)C(C)NC(=O)OC(C)(C)C)C(C)(C)CC. The Morgan fingerprint density at radius 3 is 2.12 bits per heavy atom. The van der Waals surface area contributed by atoms with Crippen LogP contribution in [0.3, 0.4) is 0 Å². The smallest absolute Gasteiger partial charge is 0.408 e. The van der Waals surface area contributed by atoms with Crippen LogP contribution in [0.25, 0.3) is 0 Å². The normalized spacial score (nSPS) is 13.5. The van der Waals surface area contributed by atoms with Crippen molar-refractivity contribution in [2.75, 3.05) is 0 Å². The van der Waals surface area contributed by atoms with E-state index in [0.29, 0.717) is 17.5 Å². The summed E-state index contributed by atoms with van der Waals surface area (Å²) in [5.74, 6) is 1.87. The second kappa shape index (κ2) is 11.2. The standard InChI is InChI=1S/C26H39N3O4/c1-11-19-15-13-14-16-20(19)21(22(30)27-17(3)4)29(26(9,10)12-2)23(31)18(5)28-24(32)33-25(6,7)8/h1,13-18,21H,12H2,2-10H3,(H,27,30)(H,28,32). The predicted octanol–water partition coefficient (Wildman–Crippen LogP) is 4.16. The molecule has 0 aliphatic rings. The number of rotatable bonds is 8. The highest BCUT2D eigenvalue weighted by Crippen LogP contribution is 2.33. The van der Waals surface area contributed by atoms with Gasteiger partial charge < -0.3 is 20.3 Å². The molecule has 0 radical (unpaired) electrons. The molecule has 0 heterocycles. The molecular weight excluding hydrogens is 418 g/mol. The van der Waals surface area contributed by atoms with Gasteiger partial charge in [-0.1, -0.05) is 31.0 Å². The lowest BCUT2D eigenvalue weighted by atomic mass is 9.90. The number of benzene rings is 1. The van der Waals surface area contributed by atoms with Gasteiger partial charge in [0, 0.05) is 17.1 Å². The Morgan fingerprint density at radius 1 is 1.06 bits per heavy atom. The van der Waals surface area contributed by atoms with Crippen molar-refractivity contribution in [1.29, 1.82) is 0 Å². The van der Waals surface area contributed by atoms with E-state index in [2.05, 4.69) is 16.6 Å². The maximum Gasteiger partial charge on any atom is 0.408 e. The highest BCUT2D eigenvalue weighted by molar-refractivity contribution is 5.93. The molecule has 2 unspecified atom stereocenters. The lowest BCUT2D eigenvalue weighted by molar-refractivity contribution is -0.149. The summed E-state index contributed by atoms with van der Waals surface area (Å²) in [6.45, 7) is 16.2. The van der Waals surface area contributed by atoms with Crippen molar-refractivity contribution in [3.8, 4) is 12.3 Å². The van der Waals surface area contributed by atoms with Crippen LogP contribution in [0.2, 0.25) is 0 Å². The molecule has 1 aromatic rings. The Balaban J connectivity index is 3.55. The zero-order valence-corrected chi connectivity index (χ0v) is 21.4. The second-order valence-electron chi connectivity index (χ2n) is 10.0. The topological polar surface area (TPSA) is 87.7 Å². The molecule has 0 spiro atoms. The lowest BCUT2D eigenvalue weighted by Gasteiger charge is -2.44. The molecule has 0 saturated carbocycles. The van der Waals surface area contributed by atoms with Crippen LogP contribution in [0.1, 0.15) is 85.9 Å². The summed E-state index contributed by atoms with van der Waals surface area (Å²) >= 11 is 0. The molecule has 0 aromatic heterocycles. The fourth-order valence-corrected chi connectivity index (χ4v) is 3.33. The first kappa shape index (κ1) is 28.0. The van der Waals surface area contributed by atoms with Gasteiger partial charge in [-0.3, -0.25) is 9.59 Å². The first-order chi connectivity index (χ1) is 15.1. The van der Waals surface area contributed by atoms with Crippen LogP contribution in [0.5, 0.6) is 0 Å². The zero-order chi connectivity index (χ0) is 25.6. The third kappa shape index (κ3) is 7.81. The highest BCUT2D eigenvalue weighted by Gasteiger charge is 2.42. The van der Waals surface area contributed by atoms with E-state index in [0.717, 1.165) is 0 Å². The number of carbonyl (C=O) groups is 3. The maximum atomic E-state index is 13.8. The Hall–Kier alpha value is -3.01. The van der Waals surface area contributed by atoms with Crippen molar-refractivity contribution in [3.63, 3.8) is 0 Å². The zero-order valence-electron chi connectivity index (χ0n) is 21.4. The molecule has 2 atom stereocenters. The molecule has 182 valence electrons. The van der Waals surface area contributed by atoms with Crippen LogP contribution in [0.4, 0.5) is 4.79 Å². The summed E-state index contributed by atoms with van der Waals surface area (Å²) in [4.78, 5) is 41.1. The number of alkyl carbamates (subject to hydrolysis) is 1. The largest absolute Gasteiger partial charge is 0.444 e. The van der Waals surface area contributed by atoms with Crippen LogP contribution in [-0.4, -0.2) is 46.0 Å². The van der Waals surface area contributed by atoms with Gasteiger partial charge in [0.1, 0.15) is 17.7 Å². The van der Waals surface area contributed by atoms with Gasteiger partial charge in [-0.05, 0) is 73.4 Å². The van der Waals surface area contributed by atoms with E-state index in [9.17, 15) is 14.4 Å². The van der Waals surface area contributed by atoms with E-state index in [1.165, 1.54) is 4.90 Å². The summed E-state index contributed by atoms with van der Waals surface area (Å²) in [6, 6.07) is 5.03. The van der Waals surface area contributed by atoms with Gasteiger partial charge in [-0.15, -0.1) is 6.42 Å². The molecule has 33 heavy (non-hydrogen) atoms.